The zero-order valence-corrected chi connectivity index (χ0v) is 12.1. The van der Waals surface area contributed by atoms with Gasteiger partial charge < -0.3 is 9.88 Å². The molecule has 0 bridgehead atoms. The third-order valence-electron chi connectivity index (χ3n) is 2.77. The van der Waals surface area contributed by atoms with Gasteiger partial charge in [0, 0.05) is 19.3 Å². The molecule has 0 saturated heterocycles. The molecular weight excluding hydrogens is 246 g/mol. The number of carbonyl (C=O) groups is 1. The molecule has 0 aromatic carbocycles. The standard InChI is InChI=1S/C13H21N3O3/c1-9(17)10-6-14-12(19)16(11(10)18)8-13(2,3)7-15(4)5/h6H,7-8H2,1-5H3,(H,14,19). The summed E-state index contributed by atoms with van der Waals surface area (Å²) < 4.78 is 1.10. The fourth-order valence-corrected chi connectivity index (χ4v) is 2.24. The second kappa shape index (κ2) is 5.52. The quantitative estimate of drug-likeness (QED) is 0.780. The summed E-state index contributed by atoms with van der Waals surface area (Å²) in [5, 5.41) is 0. The van der Waals surface area contributed by atoms with E-state index in [1.165, 1.54) is 13.1 Å². The van der Waals surface area contributed by atoms with Crippen molar-refractivity contribution in [3.63, 3.8) is 0 Å². The molecule has 0 spiro atoms. The number of aromatic nitrogens is 2. The lowest BCUT2D eigenvalue weighted by molar-refractivity contribution is 0.101. The largest absolute Gasteiger partial charge is 0.328 e. The van der Waals surface area contributed by atoms with E-state index in [9.17, 15) is 14.4 Å². The summed E-state index contributed by atoms with van der Waals surface area (Å²) in [6, 6.07) is 0. The fourth-order valence-electron chi connectivity index (χ4n) is 2.24. The maximum Gasteiger partial charge on any atom is 0.328 e. The first-order valence-electron chi connectivity index (χ1n) is 6.12. The Morgan fingerprint density at radius 1 is 1.37 bits per heavy atom. The summed E-state index contributed by atoms with van der Waals surface area (Å²) >= 11 is 0. The number of nitrogens with one attached hydrogen (secondary N) is 1. The van der Waals surface area contributed by atoms with Crippen LogP contribution in [-0.4, -0.2) is 40.9 Å². The summed E-state index contributed by atoms with van der Waals surface area (Å²) in [4.78, 5) is 39.6. The second-order valence-corrected chi connectivity index (χ2v) is 5.86. The fraction of sp³-hybridized carbons (Fsp3) is 0.615. The Kier molecular flexibility index (Phi) is 4.47. The number of ketones is 1. The van der Waals surface area contributed by atoms with Crippen molar-refractivity contribution < 1.29 is 4.79 Å². The highest BCUT2D eigenvalue weighted by atomic mass is 16.2. The van der Waals surface area contributed by atoms with Crippen molar-refractivity contribution >= 4 is 5.78 Å². The van der Waals surface area contributed by atoms with Gasteiger partial charge in [0.1, 0.15) is 0 Å². The third kappa shape index (κ3) is 3.89. The molecular formula is C13H21N3O3. The molecule has 0 aliphatic carbocycles. The van der Waals surface area contributed by atoms with Crippen LogP contribution >= 0.6 is 0 Å². The molecule has 0 fully saturated rings. The molecule has 1 aromatic rings. The van der Waals surface area contributed by atoms with Crippen LogP contribution in [0.1, 0.15) is 31.1 Å². The van der Waals surface area contributed by atoms with Crippen molar-refractivity contribution in [3.8, 4) is 0 Å². The highest BCUT2D eigenvalue weighted by molar-refractivity contribution is 5.93. The predicted octanol–water partition coefficient (Wildman–Crippen LogP) is 0.327. The molecule has 106 valence electrons. The van der Waals surface area contributed by atoms with Crippen molar-refractivity contribution in [2.75, 3.05) is 20.6 Å². The van der Waals surface area contributed by atoms with Crippen molar-refractivity contribution in [2.24, 2.45) is 5.41 Å². The molecule has 0 aliphatic rings. The second-order valence-electron chi connectivity index (χ2n) is 5.86. The smallest absolute Gasteiger partial charge is 0.313 e. The number of rotatable bonds is 5. The van der Waals surface area contributed by atoms with Gasteiger partial charge in [0.25, 0.3) is 5.56 Å². The summed E-state index contributed by atoms with van der Waals surface area (Å²) in [6.45, 7) is 6.24. The molecule has 1 N–H and O–H groups in total. The van der Waals surface area contributed by atoms with E-state index in [0.717, 1.165) is 11.1 Å². The predicted molar refractivity (Wildman–Crippen MR) is 73.7 cm³/mol. The van der Waals surface area contributed by atoms with Crippen LogP contribution in [0.4, 0.5) is 0 Å². The van der Waals surface area contributed by atoms with Gasteiger partial charge in [0.15, 0.2) is 5.78 Å². The van der Waals surface area contributed by atoms with E-state index in [2.05, 4.69) is 4.98 Å². The van der Waals surface area contributed by atoms with Crippen LogP contribution in [0.3, 0.4) is 0 Å². The lowest BCUT2D eigenvalue weighted by atomic mass is 9.93. The van der Waals surface area contributed by atoms with E-state index < -0.39 is 11.2 Å². The average Bonchev–Trinajstić information content (AvgIpc) is 2.21. The summed E-state index contributed by atoms with van der Waals surface area (Å²) in [5.41, 5.74) is -1.25. The van der Waals surface area contributed by atoms with E-state index in [4.69, 9.17) is 0 Å². The maximum absolute atomic E-state index is 12.1. The Bertz CT molecular complexity index is 582. The normalized spacial score (nSPS) is 11.9. The number of Topliss-reactive ketones (excluding diaryl/α,β-unsaturated/α-hetero) is 1. The van der Waals surface area contributed by atoms with E-state index in [1.54, 1.807) is 0 Å². The highest BCUT2D eigenvalue weighted by Gasteiger charge is 2.22. The minimum atomic E-state index is -0.525. The van der Waals surface area contributed by atoms with Gasteiger partial charge in [-0.3, -0.25) is 14.2 Å². The summed E-state index contributed by atoms with van der Waals surface area (Å²) in [7, 11) is 3.86. The molecule has 6 heteroatoms. The average molecular weight is 267 g/mol. The first kappa shape index (κ1) is 15.4. The lowest BCUT2D eigenvalue weighted by Crippen LogP contribution is -2.43. The Balaban J connectivity index is 3.21. The summed E-state index contributed by atoms with van der Waals surface area (Å²) in [6.07, 6.45) is 1.18. The minimum Gasteiger partial charge on any atom is -0.313 e. The molecule has 19 heavy (non-hydrogen) atoms. The van der Waals surface area contributed by atoms with E-state index in [1.807, 2.05) is 32.8 Å². The monoisotopic (exact) mass is 267 g/mol. The van der Waals surface area contributed by atoms with Crippen LogP contribution in [0.25, 0.3) is 0 Å². The van der Waals surface area contributed by atoms with Crippen LogP contribution in [0.15, 0.2) is 15.8 Å². The molecule has 0 radical (unpaired) electrons. The number of hydrogen-bond acceptors (Lipinski definition) is 4. The maximum atomic E-state index is 12.1. The number of carbonyl (C=O) groups excluding carboxylic acids is 1. The minimum absolute atomic E-state index is 0.0141. The van der Waals surface area contributed by atoms with Gasteiger partial charge in [-0.05, 0) is 26.4 Å². The SMILES string of the molecule is CC(=O)c1c[nH]c(=O)n(CC(C)(C)CN(C)C)c1=O. The van der Waals surface area contributed by atoms with Gasteiger partial charge in [0.2, 0.25) is 0 Å². The number of nitrogens with zero attached hydrogens (tertiary/aromatic N) is 2. The number of hydrogen-bond donors (Lipinski definition) is 1. The third-order valence-corrected chi connectivity index (χ3v) is 2.77. The zero-order chi connectivity index (χ0) is 14.8. The summed E-state index contributed by atoms with van der Waals surface area (Å²) in [5.74, 6) is -0.347. The molecule has 1 aromatic heterocycles. The molecule has 6 nitrogen and oxygen atoms in total. The molecule has 0 atom stereocenters. The number of H-pyrrole nitrogens is 1. The van der Waals surface area contributed by atoms with Gasteiger partial charge >= 0.3 is 5.69 Å². The van der Waals surface area contributed by atoms with Crippen molar-refractivity contribution in [2.45, 2.75) is 27.3 Å². The Hall–Kier alpha value is -1.69. The van der Waals surface area contributed by atoms with Crippen molar-refractivity contribution in [1.29, 1.82) is 0 Å². The van der Waals surface area contributed by atoms with E-state index in [0.29, 0.717) is 0 Å². The van der Waals surface area contributed by atoms with Gasteiger partial charge in [-0.25, -0.2) is 4.79 Å². The molecule has 0 aliphatic heterocycles. The van der Waals surface area contributed by atoms with Gasteiger partial charge in [-0.1, -0.05) is 13.8 Å². The van der Waals surface area contributed by atoms with Crippen LogP contribution in [0.2, 0.25) is 0 Å². The number of aromatic amines is 1. The Morgan fingerprint density at radius 3 is 2.42 bits per heavy atom. The first-order chi connectivity index (χ1) is 8.64. The molecule has 1 rings (SSSR count). The van der Waals surface area contributed by atoms with Crippen LogP contribution in [0.5, 0.6) is 0 Å². The Labute approximate surface area is 112 Å². The highest BCUT2D eigenvalue weighted by Crippen LogP contribution is 2.17. The first-order valence-corrected chi connectivity index (χ1v) is 6.12. The molecule has 0 unspecified atom stereocenters. The van der Waals surface area contributed by atoms with E-state index in [-0.39, 0.29) is 23.3 Å². The topological polar surface area (TPSA) is 75.2 Å². The molecule has 0 amide bonds. The van der Waals surface area contributed by atoms with Gasteiger partial charge in [-0.2, -0.15) is 0 Å². The van der Waals surface area contributed by atoms with Crippen LogP contribution in [0, 0.1) is 5.41 Å². The van der Waals surface area contributed by atoms with Crippen molar-refractivity contribution in [3.05, 3.63) is 32.6 Å². The van der Waals surface area contributed by atoms with Crippen LogP contribution < -0.4 is 11.2 Å². The van der Waals surface area contributed by atoms with Gasteiger partial charge in [0.05, 0.1) is 5.56 Å². The van der Waals surface area contributed by atoms with E-state index >= 15 is 0 Å². The zero-order valence-electron chi connectivity index (χ0n) is 12.1. The van der Waals surface area contributed by atoms with Crippen LogP contribution in [-0.2, 0) is 6.54 Å². The van der Waals surface area contributed by atoms with Gasteiger partial charge in [-0.15, -0.1) is 0 Å². The molecule has 1 heterocycles. The lowest BCUT2D eigenvalue weighted by Gasteiger charge is -2.28. The Morgan fingerprint density at radius 2 is 1.95 bits per heavy atom. The van der Waals surface area contributed by atoms with Crippen molar-refractivity contribution in [1.82, 2.24) is 14.5 Å². The molecule has 0 saturated carbocycles.